The fraction of sp³-hybridized carbons (Fsp3) is 0.522. The topological polar surface area (TPSA) is 152 Å². The van der Waals surface area contributed by atoms with Gasteiger partial charge in [0.05, 0.1) is 20.2 Å². The molecule has 0 saturated carbocycles. The van der Waals surface area contributed by atoms with Gasteiger partial charge in [-0.3, -0.25) is 14.4 Å². The number of Topliss-reactive ketones (excluding diaryl/α,β-unsaturated/α-hetero) is 1. The van der Waals surface area contributed by atoms with Crippen LogP contribution in [0, 0.1) is 5.92 Å². The van der Waals surface area contributed by atoms with Crippen LogP contribution < -0.4 is 21.3 Å². The van der Waals surface area contributed by atoms with Crippen molar-refractivity contribution in [3.63, 3.8) is 0 Å². The van der Waals surface area contributed by atoms with Gasteiger partial charge >= 0.3 is 12.2 Å². The predicted molar refractivity (Wildman–Crippen MR) is 132 cm³/mol. The summed E-state index contributed by atoms with van der Waals surface area (Å²) >= 11 is 3.29. The van der Waals surface area contributed by atoms with E-state index in [4.69, 9.17) is 4.74 Å². The second-order valence-electron chi connectivity index (χ2n) is 8.95. The third-order valence-electron chi connectivity index (χ3n) is 4.48. The number of nitrogens with one attached hydrogen (secondary N) is 4. The SMILES string of the molecule is COC(=O)N[C@H](C(=O)N[C@@H](CNC(=O)OC(C)(C)C)C(=O)NCC(=O)c1ccc(Br)cc1)C(C)C. The molecule has 194 valence electrons. The van der Waals surface area contributed by atoms with Crippen LogP contribution >= 0.6 is 15.9 Å². The van der Waals surface area contributed by atoms with Gasteiger partial charge in [0.15, 0.2) is 5.78 Å². The van der Waals surface area contributed by atoms with Crippen molar-refractivity contribution in [3.05, 3.63) is 34.3 Å². The van der Waals surface area contributed by atoms with Crippen LogP contribution in [-0.4, -0.2) is 67.7 Å². The molecule has 0 radical (unpaired) electrons. The van der Waals surface area contributed by atoms with Gasteiger partial charge in [-0.1, -0.05) is 41.9 Å². The number of carbonyl (C=O) groups excluding carboxylic acids is 5. The zero-order chi connectivity index (χ0) is 26.8. The summed E-state index contributed by atoms with van der Waals surface area (Å²) < 4.78 is 10.5. The first-order valence-corrected chi connectivity index (χ1v) is 11.7. The second kappa shape index (κ2) is 13.7. The summed E-state index contributed by atoms with van der Waals surface area (Å²) in [6, 6.07) is 4.34. The molecule has 2 atom stereocenters. The molecule has 0 spiro atoms. The highest BCUT2D eigenvalue weighted by Crippen LogP contribution is 2.11. The molecule has 0 saturated heterocycles. The highest BCUT2D eigenvalue weighted by molar-refractivity contribution is 9.10. The second-order valence-corrected chi connectivity index (χ2v) is 9.87. The molecule has 0 aromatic heterocycles. The van der Waals surface area contributed by atoms with Gasteiger partial charge < -0.3 is 30.7 Å². The van der Waals surface area contributed by atoms with Crippen LogP contribution in [0.3, 0.4) is 0 Å². The van der Waals surface area contributed by atoms with E-state index in [0.29, 0.717) is 5.56 Å². The number of rotatable bonds is 10. The molecule has 4 N–H and O–H groups in total. The lowest BCUT2D eigenvalue weighted by Crippen LogP contribution is -2.58. The fourth-order valence-corrected chi connectivity index (χ4v) is 2.98. The monoisotopic (exact) mass is 556 g/mol. The average Bonchev–Trinajstić information content (AvgIpc) is 2.76. The van der Waals surface area contributed by atoms with Crippen LogP contribution in [-0.2, 0) is 19.1 Å². The maximum absolute atomic E-state index is 12.8. The Morgan fingerprint density at radius 1 is 0.914 bits per heavy atom. The van der Waals surface area contributed by atoms with Crippen LogP contribution in [0.4, 0.5) is 9.59 Å². The zero-order valence-corrected chi connectivity index (χ0v) is 22.3. The molecule has 0 aliphatic carbocycles. The molecule has 1 aromatic carbocycles. The van der Waals surface area contributed by atoms with Gasteiger partial charge in [-0.15, -0.1) is 0 Å². The number of ketones is 1. The van der Waals surface area contributed by atoms with Gasteiger partial charge in [-0.25, -0.2) is 9.59 Å². The van der Waals surface area contributed by atoms with E-state index in [-0.39, 0.29) is 24.8 Å². The van der Waals surface area contributed by atoms with Gasteiger partial charge in [0, 0.05) is 10.0 Å². The Hall–Kier alpha value is -3.15. The molecular formula is C23H33BrN4O7. The molecule has 1 aromatic rings. The van der Waals surface area contributed by atoms with Crippen molar-refractivity contribution in [3.8, 4) is 0 Å². The number of halogens is 1. The number of amides is 4. The van der Waals surface area contributed by atoms with E-state index < -0.39 is 41.7 Å². The van der Waals surface area contributed by atoms with Crippen molar-refractivity contribution in [2.24, 2.45) is 5.92 Å². The van der Waals surface area contributed by atoms with Crippen LogP contribution in [0.25, 0.3) is 0 Å². The van der Waals surface area contributed by atoms with Gasteiger partial charge in [0.25, 0.3) is 0 Å². The van der Waals surface area contributed by atoms with Gasteiger partial charge in [-0.05, 0) is 38.8 Å². The van der Waals surface area contributed by atoms with Crippen molar-refractivity contribution in [2.75, 3.05) is 20.2 Å². The van der Waals surface area contributed by atoms with Crippen molar-refractivity contribution in [1.82, 2.24) is 21.3 Å². The number of hydrogen-bond donors (Lipinski definition) is 4. The van der Waals surface area contributed by atoms with E-state index in [1.807, 2.05) is 0 Å². The van der Waals surface area contributed by atoms with Crippen molar-refractivity contribution >= 4 is 45.7 Å². The lowest BCUT2D eigenvalue weighted by Gasteiger charge is -2.25. The molecule has 35 heavy (non-hydrogen) atoms. The van der Waals surface area contributed by atoms with Gasteiger partial charge in [-0.2, -0.15) is 0 Å². The van der Waals surface area contributed by atoms with Crippen LogP contribution in [0.1, 0.15) is 45.0 Å². The Balaban J connectivity index is 2.93. The van der Waals surface area contributed by atoms with Crippen LogP contribution in [0.2, 0.25) is 0 Å². The average molecular weight is 557 g/mol. The van der Waals surface area contributed by atoms with Crippen LogP contribution in [0.15, 0.2) is 28.7 Å². The van der Waals surface area contributed by atoms with Crippen molar-refractivity contribution < 1.29 is 33.4 Å². The number of methoxy groups -OCH3 is 1. The standard InChI is InChI=1S/C23H33BrN4O7/c1-13(2)18(28-22(33)34-6)20(31)27-16(11-26-21(32)35-23(3,4)5)19(30)25-12-17(29)14-7-9-15(24)10-8-14/h7-10,13,16,18H,11-12H2,1-6H3,(H,25,30)(H,26,32)(H,27,31)(H,28,33)/t16-,18-/m0/s1. The highest BCUT2D eigenvalue weighted by Gasteiger charge is 2.30. The van der Waals surface area contributed by atoms with Crippen molar-refractivity contribution in [2.45, 2.75) is 52.3 Å². The Kier molecular flexibility index (Phi) is 11.7. The molecule has 0 heterocycles. The molecule has 0 fully saturated rings. The molecule has 1 rings (SSSR count). The van der Waals surface area contributed by atoms with Gasteiger partial charge in [0.1, 0.15) is 17.7 Å². The Morgan fingerprint density at radius 3 is 2.03 bits per heavy atom. The Labute approximate surface area is 213 Å². The summed E-state index contributed by atoms with van der Waals surface area (Å²) in [7, 11) is 1.16. The van der Waals surface area contributed by atoms with E-state index in [2.05, 4.69) is 41.9 Å². The van der Waals surface area contributed by atoms with E-state index in [1.54, 1.807) is 58.9 Å². The quantitative estimate of drug-likeness (QED) is 0.322. The van der Waals surface area contributed by atoms with Crippen LogP contribution in [0.5, 0.6) is 0 Å². The smallest absolute Gasteiger partial charge is 0.407 e. The summed E-state index contributed by atoms with van der Waals surface area (Å²) in [5.74, 6) is -2.06. The zero-order valence-electron chi connectivity index (χ0n) is 20.7. The molecule has 0 aliphatic rings. The third kappa shape index (κ3) is 11.2. The number of hydrogen-bond acceptors (Lipinski definition) is 7. The van der Waals surface area contributed by atoms with E-state index >= 15 is 0 Å². The maximum Gasteiger partial charge on any atom is 0.407 e. The summed E-state index contributed by atoms with van der Waals surface area (Å²) in [4.78, 5) is 61.8. The number of carbonyl (C=O) groups is 5. The van der Waals surface area contributed by atoms with E-state index in [1.165, 1.54) is 0 Å². The van der Waals surface area contributed by atoms with Gasteiger partial charge in [0.2, 0.25) is 11.8 Å². The molecule has 4 amide bonds. The molecule has 11 nitrogen and oxygen atoms in total. The summed E-state index contributed by atoms with van der Waals surface area (Å²) in [5, 5.41) is 9.82. The lowest BCUT2D eigenvalue weighted by molar-refractivity contribution is -0.130. The maximum atomic E-state index is 12.8. The highest BCUT2D eigenvalue weighted by atomic mass is 79.9. The fourth-order valence-electron chi connectivity index (χ4n) is 2.72. The molecule has 0 bridgehead atoms. The van der Waals surface area contributed by atoms with Crippen molar-refractivity contribution in [1.29, 1.82) is 0 Å². The minimum atomic E-state index is -1.26. The number of ether oxygens (including phenoxy) is 2. The summed E-state index contributed by atoms with van der Waals surface area (Å²) in [5.41, 5.74) is -0.377. The lowest BCUT2D eigenvalue weighted by atomic mass is 10.0. The minimum absolute atomic E-state index is 0.317. The summed E-state index contributed by atoms with van der Waals surface area (Å²) in [6.07, 6.45) is -1.60. The minimum Gasteiger partial charge on any atom is -0.453 e. The Bertz CT molecular complexity index is 913. The molecule has 12 heteroatoms. The summed E-state index contributed by atoms with van der Waals surface area (Å²) in [6.45, 7) is 7.79. The largest absolute Gasteiger partial charge is 0.453 e. The van der Waals surface area contributed by atoms with E-state index in [9.17, 15) is 24.0 Å². The first-order chi connectivity index (χ1) is 16.2. The number of benzene rings is 1. The third-order valence-corrected chi connectivity index (χ3v) is 5.01. The van der Waals surface area contributed by atoms with E-state index in [0.717, 1.165) is 11.6 Å². The first kappa shape index (κ1) is 29.9. The molecule has 0 aliphatic heterocycles. The normalized spacial score (nSPS) is 12.7. The predicted octanol–water partition coefficient (Wildman–Crippen LogP) is 2.14. The number of alkyl carbamates (subject to hydrolysis) is 2. The Morgan fingerprint density at radius 2 is 1.51 bits per heavy atom. The first-order valence-electron chi connectivity index (χ1n) is 10.9. The molecular weight excluding hydrogens is 524 g/mol. The molecule has 0 unspecified atom stereocenters.